The smallest absolute Gasteiger partial charge is 0.258 e. The van der Waals surface area contributed by atoms with Gasteiger partial charge in [-0.2, -0.15) is 0 Å². The fourth-order valence-electron chi connectivity index (χ4n) is 1.92. The Hall–Kier alpha value is -1.39. The van der Waals surface area contributed by atoms with Gasteiger partial charge >= 0.3 is 0 Å². The van der Waals surface area contributed by atoms with E-state index in [1.165, 1.54) is 17.0 Å². The molecule has 2 aromatic carbocycles. The lowest BCUT2D eigenvalue weighted by Gasteiger charge is -2.21. The number of carbonyl (C=O) groups is 1. The summed E-state index contributed by atoms with van der Waals surface area (Å²) in [5, 5.41) is 0.470. The SMILES string of the molecule is CCN(C(=O)c1cc(Cl)cc(Br)c1)c1cccc(F)c1. The summed E-state index contributed by atoms with van der Waals surface area (Å²) in [4.78, 5) is 14.0. The van der Waals surface area contributed by atoms with E-state index in [1.54, 1.807) is 30.3 Å². The van der Waals surface area contributed by atoms with Crippen LogP contribution in [-0.2, 0) is 0 Å². The van der Waals surface area contributed by atoms with Gasteiger partial charge in [0.15, 0.2) is 0 Å². The molecule has 5 heteroatoms. The van der Waals surface area contributed by atoms with Gasteiger partial charge in [0.1, 0.15) is 5.82 Å². The van der Waals surface area contributed by atoms with Gasteiger partial charge in [0.05, 0.1) is 0 Å². The van der Waals surface area contributed by atoms with Crippen LogP contribution in [0.15, 0.2) is 46.9 Å². The Morgan fingerprint density at radius 1 is 1.30 bits per heavy atom. The van der Waals surface area contributed by atoms with E-state index in [9.17, 15) is 9.18 Å². The van der Waals surface area contributed by atoms with E-state index in [0.29, 0.717) is 22.8 Å². The summed E-state index contributed by atoms with van der Waals surface area (Å²) in [6, 6.07) is 10.9. The summed E-state index contributed by atoms with van der Waals surface area (Å²) in [6.07, 6.45) is 0. The zero-order chi connectivity index (χ0) is 14.7. The van der Waals surface area contributed by atoms with Gasteiger partial charge in [0.2, 0.25) is 0 Å². The van der Waals surface area contributed by atoms with Crippen molar-refractivity contribution in [3.8, 4) is 0 Å². The average molecular weight is 357 g/mol. The van der Waals surface area contributed by atoms with Gasteiger partial charge in [-0.3, -0.25) is 4.79 Å². The van der Waals surface area contributed by atoms with Gasteiger partial charge in [0, 0.05) is 27.3 Å². The molecule has 0 saturated heterocycles. The molecule has 0 radical (unpaired) electrons. The molecule has 0 spiro atoms. The lowest BCUT2D eigenvalue weighted by molar-refractivity contribution is 0.0988. The molecule has 2 nitrogen and oxygen atoms in total. The average Bonchev–Trinajstić information content (AvgIpc) is 2.38. The van der Waals surface area contributed by atoms with Crippen LogP contribution in [0.2, 0.25) is 5.02 Å². The fraction of sp³-hybridized carbons (Fsp3) is 0.133. The van der Waals surface area contributed by atoms with Crippen molar-refractivity contribution < 1.29 is 9.18 Å². The van der Waals surface area contributed by atoms with Gasteiger partial charge in [-0.1, -0.05) is 33.6 Å². The Balaban J connectivity index is 2.38. The molecule has 104 valence electrons. The summed E-state index contributed by atoms with van der Waals surface area (Å²) in [5.41, 5.74) is 0.976. The van der Waals surface area contributed by atoms with Crippen LogP contribution >= 0.6 is 27.5 Å². The first-order valence-electron chi connectivity index (χ1n) is 6.05. The Bertz CT molecular complexity index is 627. The van der Waals surface area contributed by atoms with Crippen molar-refractivity contribution in [2.75, 3.05) is 11.4 Å². The van der Waals surface area contributed by atoms with Crippen molar-refractivity contribution in [2.24, 2.45) is 0 Å². The Morgan fingerprint density at radius 3 is 2.65 bits per heavy atom. The van der Waals surface area contributed by atoms with Gasteiger partial charge < -0.3 is 4.90 Å². The molecule has 0 aliphatic rings. The van der Waals surface area contributed by atoms with Crippen LogP contribution in [0.1, 0.15) is 17.3 Å². The third-order valence-electron chi connectivity index (χ3n) is 2.79. The second-order valence-electron chi connectivity index (χ2n) is 4.19. The third kappa shape index (κ3) is 3.38. The lowest BCUT2D eigenvalue weighted by Crippen LogP contribution is -2.30. The number of amides is 1. The molecule has 0 saturated carbocycles. The minimum atomic E-state index is -0.374. The first kappa shape index (κ1) is 15.0. The molecule has 0 atom stereocenters. The molecular formula is C15H12BrClFNO. The highest BCUT2D eigenvalue weighted by atomic mass is 79.9. The molecule has 0 unspecified atom stereocenters. The summed E-state index contributed by atoms with van der Waals surface area (Å²) in [7, 11) is 0. The van der Waals surface area contributed by atoms with Gasteiger partial charge in [-0.15, -0.1) is 0 Å². The zero-order valence-corrected chi connectivity index (χ0v) is 13.1. The quantitative estimate of drug-likeness (QED) is 0.765. The summed E-state index contributed by atoms with van der Waals surface area (Å²) < 4.78 is 14.0. The van der Waals surface area contributed by atoms with Crippen LogP contribution in [-0.4, -0.2) is 12.5 Å². The van der Waals surface area contributed by atoms with Crippen LogP contribution in [0.5, 0.6) is 0 Å². The van der Waals surface area contributed by atoms with E-state index in [1.807, 2.05) is 6.92 Å². The van der Waals surface area contributed by atoms with Crippen LogP contribution in [0.25, 0.3) is 0 Å². The largest absolute Gasteiger partial charge is 0.309 e. The molecule has 1 amide bonds. The van der Waals surface area contributed by atoms with Gasteiger partial charge in [-0.05, 0) is 43.3 Å². The predicted octanol–water partition coefficient (Wildman–Crippen LogP) is 4.91. The number of nitrogens with zero attached hydrogens (tertiary/aromatic N) is 1. The van der Waals surface area contributed by atoms with Crippen LogP contribution in [0.4, 0.5) is 10.1 Å². The molecule has 0 bridgehead atoms. The minimum absolute atomic E-state index is 0.221. The Kier molecular flexibility index (Phi) is 4.78. The maximum Gasteiger partial charge on any atom is 0.258 e. The van der Waals surface area contributed by atoms with Crippen molar-refractivity contribution in [1.82, 2.24) is 0 Å². The van der Waals surface area contributed by atoms with Crippen molar-refractivity contribution in [2.45, 2.75) is 6.92 Å². The molecular weight excluding hydrogens is 345 g/mol. The number of rotatable bonds is 3. The van der Waals surface area contributed by atoms with E-state index < -0.39 is 0 Å². The van der Waals surface area contributed by atoms with Crippen LogP contribution in [0.3, 0.4) is 0 Å². The maximum atomic E-state index is 13.3. The number of benzene rings is 2. The second kappa shape index (κ2) is 6.37. The molecule has 0 aliphatic carbocycles. The first-order chi connectivity index (χ1) is 9.51. The lowest BCUT2D eigenvalue weighted by atomic mass is 10.1. The predicted molar refractivity (Wildman–Crippen MR) is 82.9 cm³/mol. The first-order valence-corrected chi connectivity index (χ1v) is 7.22. The Morgan fingerprint density at radius 2 is 2.05 bits per heavy atom. The molecule has 2 aromatic rings. The van der Waals surface area contributed by atoms with Gasteiger partial charge in [-0.25, -0.2) is 4.39 Å². The molecule has 0 aliphatic heterocycles. The van der Waals surface area contributed by atoms with E-state index in [-0.39, 0.29) is 11.7 Å². The fourth-order valence-corrected chi connectivity index (χ4v) is 2.78. The number of carbonyl (C=O) groups excluding carboxylic acids is 1. The van der Waals surface area contributed by atoms with Crippen molar-refractivity contribution in [3.05, 3.63) is 63.3 Å². The monoisotopic (exact) mass is 355 g/mol. The van der Waals surface area contributed by atoms with E-state index >= 15 is 0 Å². The maximum absolute atomic E-state index is 13.3. The van der Waals surface area contributed by atoms with E-state index in [0.717, 1.165) is 4.47 Å². The Labute approximate surface area is 130 Å². The zero-order valence-electron chi connectivity index (χ0n) is 10.7. The molecule has 0 heterocycles. The molecule has 20 heavy (non-hydrogen) atoms. The number of hydrogen-bond donors (Lipinski definition) is 0. The number of anilines is 1. The highest BCUT2D eigenvalue weighted by Gasteiger charge is 2.17. The normalized spacial score (nSPS) is 10.4. The highest BCUT2D eigenvalue weighted by Crippen LogP contribution is 2.23. The second-order valence-corrected chi connectivity index (χ2v) is 5.54. The van der Waals surface area contributed by atoms with Crippen molar-refractivity contribution in [3.63, 3.8) is 0 Å². The number of halogens is 3. The standard InChI is InChI=1S/C15H12BrClFNO/c1-2-19(14-5-3-4-13(18)9-14)15(20)10-6-11(16)8-12(17)7-10/h3-9H,2H2,1H3. The van der Waals surface area contributed by atoms with Crippen LogP contribution < -0.4 is 4.90 Å². The topological polar surface area (TPSA) is 20.3 Å². The summed E-state index contributed by atoms with van der Waals surface area (Å²) >= 11 is 9.26. The van der Waals surface area contributed by atoms with E-state index in [2.05, 4.69) is 15.9 Å². The van der Waals surface area contributed by atoms with E-state index in [4.69, 9.17) is 11.6 Å². The summed E-state index contributed by atoms with van der Waals surface area (Å²) in [6.45, 7) is 2.27. The van der Waals surface area contributed by atoms with Gasteiger partial charge in [0.25, 0.3) is 5.91 Å². The van der Waals surface area contributed by atoms with Crippen molar-refractivity contribution >= 4 is 39.1 Å². The third-order valence-corrected chi connectivity index (χ3v) is 3.47. The number of hydrogen-bond acceptors (Lipinski definition) is 1. The van der Waals surface area contributed by atoms with Crippen LogP contribution in [0, 0.1) is 5.82 Å². The minimum Gasteiger partial charge on any atom is -0.309 e. The molecule has 0 aromatic heterocycles. The molecule has 0 N–H and O–H groups in total. The molecule has 2 rings (SSSR count). The molecule has 0 fully saturated rings. The summed E-state index contributed by atoms with van der Waals surface area (Å²) in [5.74, 6) is -0.595. The van der Waals surface area contributed by atoms with Crippen molar-refractivity contribution in [1.29, 1.82) is 0 Å². The highest BCUT2D eigenvalue weighted by molar-refractivity contribution is 9.10.